The second-order valence-corrected chi connectivity index (χ2v) is 4.71. The third kappa shape index (κ3) is 3.64. The minimum absolute atomic E-state index is 0.0997. The molecule has 6 heteroatoms. The van der Waals surface area contributed by atoms with Crippen molar-refractivity contribution in [1.29, 1.82) is 0 Å². The standard InChI is InChI=1S/C13H20N4O2/c1-2-6-19-10-4-3-5-17(9-10)13(18)11-7-16-12(14)8-15-11/h7-8,10H,2-6,9H2,1H3,(H2,14,16). The maximum Gasteiger partial charge on any atom is 0.274 e. The maximum atomic E-state index is 12.3. The Labute approximate surface area is 113 Å². The summed E-state index contributed by atoms with van der Waals surface area (Å²) >= 11 is 0. The first-order chi connectivity index (χ1) is 9.20. The summed E-state index contributed by atoms with van der Waals surface area (Å²) in [5, 5.41) is 0. The summed E-state index contributed by atoms with van der Waals surface area (Å²) < 4.78 is 5.72. The molecule has 1 amide bonds. The van der Waals surface area contributed by atoms with Gasteiger partial charge >= 0.3 is 0 Å². The van der Waals surface area contributed by atoms with Crippen molar-refractivity contribution in [2.24, 2.45) is 0 Å². The van der Waals surface area contributed by atoms with Crippen LogP contribution in [0.5, 0.6) is 0 Å². The van der Waals surface area contributed by atoms with Crippen LogP contribution >= 0.6 is 0 Å². The molecule has 0 aromatic carbocycles. The Kier molecular flexibility index (Phi) is 4.68. The molecule has 0 saturated carbocycles. The first kappa shape index (κ1) is 13.7. The van der Waals surface area contributed by atoms with Crippen LogP contribution in [0, 0.1) is 0 Å². The molecule has 1 aliphatic rings. The molecule has 0 radical (unpaired) electrons. The average Bonchev–Trinajstić information content (AvgIpc) is 2.45. The maximum absolute atomic E-state index is 12.3. The smallest absolute Gasteiger partial charge is 0.274 e. The SMILES string of the molecule is CCCOC1CCCN(C(=O)c2cnc(N)cn2)C1. The van der Waals surface area contributed by atoms with Crippen molar-refractivity contribution in [3.8, 4) is 0 Å². The molecule has 0 aliphatic carbocycles. The number of rotatable bonds is 4. The van der Waals surface area contributed by atoms with E-state index in [0.717, 1.165) is 32.4 Å². The second-order valence-electron chi connectivity index (χ2n) is 4.71. The van der Waals surface area contributed by atoms with Crippen molar-refractivity contribution in [3.05, 3.63) is 18.1 Å². The van der Waals surface area contributed by atoms with Gasteiger partial charge in [0.05, 0.1) is 18.5 Å². The normalized spacial score (nSPS) is 19.4. The molecule has 104 valence electrons. The molecule has 1 unspecified atom stereocenters. The Morgan fingerprint density at radius 3 is 3.05 bits per heavy atom. The Hall–Kier alpha value is -1.69. The summed E-state index contributed by atoms with van der Waals surface area (Å²) in [5.74, 6) is 0.219. The molecule has 1 aliphatic heterocycles. The number of nitrogens with two attached hydrogens (primary N) is 1. The van der Waals surface area contributed by atoms with Gasteiger partial charge in [-0.25, -0.2) is 9.97 Å². The van der Waals surface area contributed by atoms with E-state index < -0.39 is 0 Å². The largest absolute Gasteiger partial charge is 0.382 e. The Morgan fingerprint density at radius 1 is 1.53 bits per heavy atom. The summed E-state index contributed by atoms with van der Waals surface area (Å²) in [6, 6.07) is 0. The highest BCUT2D eigenvalue weighted by Gasteiger charge is 2.25. The Balaban J connectivity index is 1.96. The number of hydrogen-bond acceptors (Lipinski definition) is 5. The third-order valence-electron chi connectivity index (χ3n) is 3.11. The fourth-order valence-corrected chi connectivity index (χ4v) is 2.15. The quantitative estimate of drug-likeness (QED) is 0.880. The lowest BCUT2D eigenvalue weighted by atomic mass is 10.1. The van der Waals surface area contributed by atoms with Crippen LogP contribution in [0.15, 0.2) is 12.4 Å². The summed E-state index contributed by atoms with van der Waals surface area (Å²) in [5.41, 5.74) is 5.80. The molecule has 0 bridgehead atoms. The predicted octanol–water partition coefficient (Wildman–Crippen LogP) is 1.09. The van der Waals surface area contributed by atoms with E-state index in [0.29, 0.717) is 18.1 Å². The topological polar surface area (TPSA) is 81.3 Å². The lowest BCUT2D eigenvalue weighted by Gasteiger charge is -2.32. The molecule has 1 aromatic heterocycles. The molecule has 2 rings (SSSR count). The molecule has 1 fully saturated rings. The zero-order valence-electron chi connectivity index (χ0n) is 11.2. The fraction of sp³-hybridized carbons (Fsp3) is 0.615. The molecule has 2 N–H and O–H groups in total. The number of carbonyl (C=O) groups is 1. The second kappa shape index (κ2) is 6.47. The van der Waals surface area contributed by atoms with Crippen LogP contribution in [0.25, 0.3) is 0 Å². The van der Waals surface area contributed by atoms with Crippen LogP contribution in [0.4, 0.5) is 5.82 Å². The molecule has 0 spiro atoms. The van der Waals surface area contributed by atoms with Crippen molar-refractivity contribution in [2.75, 3.05) is 25.4 Å². The lowest BCUT2D eigenvalue weighted by Crippen LogP contribution is -2.43. The minimum atomic E-state index is -0.0997. The van der Waals surface area contributed by atoms with E-state index in [1.807, 2.05) is 0 Å². The fourth-order valence-electron chi connectivity index (χ4n) is 2.15. The van der Waals surface area contributed by atoms with Crippen LogP contribution in [-0.4, -0.2) is 46.6 Å². The van der Waals surface area contributed by atoms with Gasteiger partial charge in [0.2, 0.25) is 0 Å². The summed E-state index contributed by atoms with van der Waals surface area (Å²) in [7, 11) is 0. The zero-order chi connectivity index (χ0) is 13.7. The number of hydrogen-bond donors (Lipinski definition) is 1. The van der Waals surface area contributed by atoms with Gasteiger partial charge in [-0.05, 0) is 19.3 Å². The van der Waals surface area contributed by atoms with Crippen molar-refractivity contribution in [3.63, 3.8) is 0 Å². The van der Waals surface area contributed by atoms with E-state index in [2.05, 4.69) is 16.9 Å². The summed E-state index contributed by atoms with van der Waals surface area (Å²) in [6.45, 7) is 4.20. The van der Waals surface area contributed by atoms with Crippen LogP contribution in [0.2, 0.25) is 0 Å². The molecular weight excluding hydrogens is 244 g/mol. The minimum Gasteiger partial charge on any atom is -0.382 e. The van der Waals surface area contributed by atoms with E-state index in [-0.39, 0.29) is 12.0 Å². The summed E-state index contributed by atoms with van der Waals surface area (Å²) in [6.07, 6.45) is 5.93. The van der Waals surface area contributed by atoms with Gasteiger partial charge < -0.3 is 15.4 Å². The number of carbonyl (C=O) groups excluding carboxylic acids is 1. The highest BCUT2D eigenvalue weighted by Crippen LogP contribution is 2.15. The molecule has 1 aromatic rings. The first-order valence-corrected chi connectivity index (χ1v) is 6.69. The van der Waals surface area contributed by atoms with Gasteiger partial charge in [-0.3, -0.25) is 4.79 Å². The number of amides is 1. The van der Waals surface area contributed by atoms with Gasteiger partial charge in [0, 0.05) is 19.7 Å². The van der Waals surface area contributed by atoms with E-state index in [1.54, 1.807) is 4.90 Å². The monoisotopic (exact) mass is 264 g/mol. The van der Waals surface area contributed by atoms with E-state index >= 15 is 0 Å². The zero-order valence-corrected chi connectivity index (χ0v) is 11.2. The van der Waals surface area contributed by atoms with Crippen LogP contribution in [-0.2, 0) is 4.74 Å². The number of anilines is 1. The number of nitrogens with zero attached hydrogens (tertiary/aromatic N) is 3. The first-order valence-electron chi connectivity index (χ1n) is 6.69. The highest BCUT2D eigenvalue weighted by molar-refractivity contribution is 5.92. The van der Waals surface area contributed by atoms with Gasteiger partial charge in [0.15, 0.2) is 0 Å². The van der Waals surface area contributed by atoms with Crippen molar-refractivity contribution in [2.45, 2.75) is 32.3 Å². The molecule has 6 nitrogen and oxygen atoms in total. The summed E-state index contributed by atoms with van der Waals surface area (Å²) in [4.78, 5) is 22.0. The number of aromatic nitrogens is 2. The van der Waals surface area contributed by atoms with Crippen molar-refractivity contribution >= 4 is 11.7 Å². The van der Waals surface area contributed by atoms with Gasteiger partial charge in [0.25, 0.3) is 5.91 Å². The molecule has 1 saturated heterocycles. The van der Waals surface area contributed by atoms with Crippen molar-refractivity contribution in [1.82, 2.24) is 14.9 Å². The van der Waals surface area contributed by atoms with Gasteiger partial charge in [-0.15, -0.1) is 0 Å². The lowest BCUT2D eigenvalue weighted by molar-refractivity contribution is 0.00191. The average molecular weight is 264 g/mol. The molecule has 2 heterocycles. The van der Waals surface area contributed by atoms with E-state index in [4.69, 9.17) is 10.5 Å². The van der Waals surface area contributed by atoms with E-state index in [9.17, 15) is 4.79 Å². The number of piperidine rings is 1. The van der Waals surface area contributed by atoms with Gasteiger partial charge in [-0.2, -0.15) is 0 Å². The van der Waals surface area contributed by atoms with Gasteiger partial charge in [0.1, 0.15) is 11.5 Å². The molecule has 19 heavy (non-hydrogen) atoms. The number of ether oxygens (including phenoxy) is 1. The highest BCUT2D eigenvalue weighted by atomic mass is 16.5. The predicted molar refractivity (Wildman–Crippen MR) is 71.6 cm³/mol. The van der Waals surface area contributed by atoms with E-state index in [1.165, 1.54) is 12.4 Å². The third-order valence-corrected chi connectivity index (χ3v) is 3.11. The van der Waals surface area contributed by atoms with Crippen LogP contribution < -0.4 is 5.73 Å². The van der Waals surface area contributed by atoms with Crippen molar-refractivity contribution < 1.29 is 9.53 Å². The Bertz CT molecular complexity index is 421. The molecular formula is C13H20N4O2. The number of nitrogen functional groups attached to an aromatic ring is 1. The van der Waals surface area contributed by atoms with Crippen LogP contribution in [0.1, 0.15) is 36.7 Å². The Morgan fingerprint density at radius 2 is 2.37 bits per heavy atom. The molecule has 1 atom stereocenters. The number of likely N-dealkylation sites (tertiary alicyclic amines) is 1. The van der Waals surface area contributed by atoms with Crippen LogP contribution in [0.3, 0.4) is 0 Å². The van der Waals surface area contributed by atoms with Gasteiger partial charge in [-0.1, -0.05) is 6.92 Å².